The summed E-state index contributed by atoms with van der Waals surface area (Å²) in [4.78, 5) is 24.8. The predicted octanol–water partition coefficient (Wildman–Crippen LogP) is 5.15. The molecule has 5 aromatic rings. The lowest BCUT2D eigenvalue weighted by atomic mass is 10.1. The fraction of sp³-hybridized carbons (Fsp3) is 0.0357. The average molecular weight is 478 g/mol. The van der Waals surface area contributed by atoms with E-state index in [-0.39, 0.29) is 12.5 Å². The number of hydrogen-bond donors (Lipinski definition) is 3. The van der Waals surface area contributed by atoms with Gasteiger partial charge >= 0.3 is 6.09 Å². The van der Waals surface area contributed by atoms with E-state index in [1.54, 1.807) is 59.4 Å². The lowest BCUT2D eigenvalue weighted by Crippen LogP contribution is -2.26. The van der Waals surface area contributed by atoms with Gasteiger partial charge in [0.15, 0.2) is 5.82 Å². The van der Waals surface area contributed by atoms with Crippen LogP contribution >= 0.6 is 0 Å². The normalized spacial score (nSPS) is 10.7. The number of nitrogens with one attached hydrogen (secondary N) is 2. The number of nitrogens with two attached hydrogens (primary N) is 1. The zero-order chi connectivity index (χ0) is 24.9. The van der Waals surface area contributed by atoms with Crippen LogP contribution in [0.2, 0.25) is 0 Å². The van der Waals surface area contributed by atoms with E-state index in [1.165, 1.54) is 0 Å². The molecule has 8 nitrogen and oxygen atoms in total. The van der Waals surface area contributed by atoms with E-state index in [0.717, 1.165) is 22.0 Å². The Morgan fingerprint density at radius 1 is 0.861 bits per heavy atom. The van der Waals surface area contributed by atoms with Crippen molar-refractivity contribution in [1.82, 2.24) is 15.1 Å². The maximum atomic E-state index is 12.6. The van der Waals surface area contributed by atoms with Crippen LogP contribution in [0.3, 0.4) is 0 Å². The van der Waals surface area contributed by atoms with Crippen molar-refractivity contribution >= 4 is 34.3 Å². The lowest BCUT2D eigenvalue weighted by Gasteiger charge is -2.08. The highest BCUT2D eigenvalue weighted by Gasteiger charge is 2.10. The molecule has 1 heterocycles. The summed E-state index contributed by atoms with van der Waals surface area (Å²) in [5.41, 5.74) is 8.52. The zero-order valence-electron chi connectivity index (χ0n) is 19.2. The van der Waals surface area contributed by atoms with Gasteiger partial charge in [0.2, 0.25) is 0 Å². The molecule has 2 amide bonds. The van der Waals surface area contributed by atoms with Crippen LogP contribution in [0, 0.1) is 0 Å². The van der Waals surface area contributed by atoms with Gasteiger partial charge in [-0.25, -0.2) is 9.48 Å². The summed E-state index contributed by atoms with van der Waals surface area (Å²) in [5, 5.41) is 12.0. The number of carbonyl (C=O) groups excluding carboxylic acids is 2. The van der Waals surface area contributed by atoms with Crippen LogP contribution in [0.1, 0.15) is 15.9 Å². The molecule has 0 unspecified atom stereocenters. The first kappa shape index (κ1) is 22.7. The van der Waals surface area contributed by atoms with Gasteiger partial charge in [-0.2, -0.15) is 5.10 Å². The van der Waals surface area contributed by atoms with Crippen molar-refractivity contribution in [3.8, 4) is 11.4 Å². The number of nitrogen functional groups attached to an aromatic ring is 1. The van der Waals surface area contributed by atoms with E-state index in [4.69, 9.17) is 10.5 Å². The highest BCUT2D eigenvalue weighted by molar-refractivity contribution is 6.03. The number of carbonyl (C=O) groups is 2. The molecule has 178 valence electrons. The molecule has 0 saturated heterocycles. The largest absolute Gasteiger partial charge is 0.412 e. The number of aromatic nitrogens is 2. The van der Waals surface area contributed by atoms with Gasteiger partial charge in [-0.3, -0.25) is 4.79 Å². The number of benzene rings is 4. The molecular weight excluding hydrogens is 454 g/mol. The van der Waals surface area contributed by atoms with Crippen molar-refractivity contribution < 1.29 is 14.3 Å². The van der Waals surface area contributed by atoms with Crippen LogP contribution in [0.25, 0.3) is 16.5 Å². The summed E-state index contributed by atoms with van der Waals surface area (Å²) in [5.74, 6) is 0.615. The average Bonchev–Trinajstić information content (AvgIpc) is 3.36. The second-order valence-corrected chi connectivity index (χ2v) is 8.14. The fourth-order valence-electron chi connectivity index (χ4n) is 3.67. The van der Waals surface area contributed by atoms with Gasteiger partial charge in [0, 0.05) is 30.1 Å². The lowest BCUT2D eigenvalue weighted by molar-refractivity contribution is 0.102. The third kappa shape index (κ3) is 5.34. The second-order valence-electron chi connectivity index (χ2n) is 8.14. The van der Waals surface area contributed by atoms with Gasteiger partial charge in [0.25, 0.3) is 5.91 Å². The fourth-order valence-corrected chi connectivity index (χ4v) is 3.67. The summed E-state index contributed by atoms with van der Waals surface area (Å²) in [7, 11) is 0. The number of nitrogens with zero attached hydrogens (tertiary/aromatic N) is 2. The molecule has 8 heteroatoms. The van der Waals surface area contributed by atoms with Gasteiger partial charge in [-0.15, -0.1) is 0 Å². The van der Waals surface area contributed by atoms with E-state index in [0.29, 0.717) is 22.8 Å². The quantitative estimate of drug-likeness (QED) is 0.293. The van der Waals surface area contributed by atoms with E-state index in [2.05, 4.69) is 15.7 Å². The molecule has 0 aliphatic rings. The molecule has 1 aromatic heterocycles. The first-order valence-electron chi connectivity index (χ1n) is 11.3. The minimum atomic E-state index is -0.552. The summed E-state index contributed by atoms with van der Waals surface area (Å²) in [6, 6.07) is 29.3. The smallest absolute Gasteiger partial charge is 0.410 e. The molecule has 0 spiro atoms. The third-order valence-electron chi connectivity index (χ3n) is 5.57. The molecule has 4 aromatic carbocycles. The van der Waals surface area contributed by atoms with Crippen LogP contribution in [-0.2, 0) is 6.54 Å². The first-order valence-corrected chi connectivity index (χ1v) is 11.3. The molecule has 5 rings (SSSR count). The van der Waals surface area contributed by atoms with Gasteiger partial charge in [0.05, 0.1) is 5.69 Å². The summed E-state index contributed by atoms with van der Waals surface area (Å²) < 4.78 is 7.04. The highest BCUT2D eigenvalue weighted by Crippen LogP contribution is 2.20. The van der Waals surface area contributed by atoms with Crippen LogP contribution < -0.4 is 21.1 Å². The number of ether oxygens (including phenoxy) is 1. The Morgan fingerprint density at radius 3 is 2.39 bits per heavy atom. The van der Waals surface area contributed by atoms with Gasteiger partial charge < -0.3 is 21.1 Å². The van der Waals surface area contributed by atoms with Crippen molar-refractivity contribution in [2.75, 3.05) is 11.1 Å². The number of fused-ring (bicyclic) bond motifs is 1. The maximum absolute atomic E-state index is 12.6. The van der Waals surface area contributed by atoms with Gasteiger partial charge in [-0.05, 0) is 64.9 Å². The Balaban J connectivity index is 1.14. The first-order chi connectivity index (χ1) is 17.5. The van der Waals surface area contributed by atoms with Crippen molar-refractivity contribution in [3.63, 3.8) is 0 Å². The number of rotatable bonds is 6. The molecule has 0 bridgehead atoms. The molecule has 4 N–H and O–H groups in total. The van der Waals surface area contributed by atoms with Gasteiger partial charge in [0.1, 0.15) is 5.75 Å². The minimum Gasteiger partial charge on any atom is -0.410 e. The second kappa shape index (κ2) is 10.0. The van der Waals surface area contributed by atoms with Crippen LogP contribution in [0.5, 0.6) is 5.75 Å². The Kier molecular flexibility index (Phi) is 6.31. The van der Waals surface area contributed by atoms with E-state index in [9.17, 15) is 9.59 Å². The van der Waals surface area contributed by atoms with E-state index < -0.39 is 6.09 Å². The molecule has 0 radical (unpaired) electrons. The third-order valence-corrected chi connectivity index (χ3v) is 5.57. The molecule has 0 fully saturated rings. The molecular formula is C28H23N5O3. The summed E-state index contributed by atoms with van der Waals surface area (Å²) in [6.07, 6.45) is 1.20. The van der Waals surface area contributed by atoms with Crippen LogP contribution in [0.4, 0.5) is 16.3 Å². The topological polar surface area (TPSA) is 111 Å². The van der Waals surface area contributed by atoms with Crippen LogP contribution in [0.15, 0.2) is 103 Å². The molecule has 0 saturated carbocycles. The Hall–Kier alpha value is -5.11. The monoisotopic (exact) mass is 477 g/mol. The standard InChI is InChI=1S/C28H23N5O3/c29-23-10-12-24(13-11-23)33-16-15-26(32-33)31-27(34)21-7-5-19(6-8-21)18-30-28(35)36-25-14-9-20-3-1-2-4-22(20)17-25/h1-17H,18,29H2,(H,30,35)(H,31,32,34). The molecule has 0 aliphatic carbocycles. The Labute approximate surface area is 207 Å². The van der Waals surface area contributed by atoms with Crippen molar-refractivity contribution in [2.24, 2.45) is 0 Å². The maximum Gasteiger partial charge on any atom is 0.412 e. The molecule has 0 atom stereocenters. The Bertz CT molecular complexity index is 1530. The van der Waals surface area contributed by atoms with E-state index in [1.807, 2.05) is 48.5 Å². The number of amides is 2. The summed E-state index contributed by atoms with van der Waals surface area (Å²) in [6.45, 7) is 0.264. The molecule has 36 heavy (non-hydrogen) atoms. The predicted molar refractivity (Wildman–Crippen MR) is 139 cm³/mol. The van der Waals surface area contributed by atoms with Crippen LogP contribution in [-0.4, -0.2) is 21.8 Å². The SMILES string of the molecule is Nc1ccc(-n2ccc(NC(=O)c3ccc(CNC(=O)Oc4ccc5ccccc5c4)cc3)n2)cc1. The number of hydrogen-bond acceptors (Lipinski definition) is 5. The van der Waals surface area contributed by atoms with Gasteiger partial charge in [-0.1, -0.05) is 42.5 Å². The van der Waals surface area contributed by atoms with Crippen molar-refractivity contribution in [3.05, 3.63) is 114 Å². The summed E-state index contributed by atoms with van der Waals surface area (Å²) >= 11 is 0. The minimum absolute atomic E-state index is 0.264. The molecule has 0 aliphatic heterocycles. The Morgan fingerprint density at radius 2 is 1.61 bits per heavy atom. The van der Waals surface area contributed by atoms with Crippen molar-refractivity contribution in [1.29, 1.82) is 0 Å². The van der Waals surface area contributed by atoms with Crippen molar-refractivity contribution in [2.45, 2.75) is 6.54 Å². The zero-order valence-corrected chi connectivity index (χ0v) is 19.2. The number of anilines is 2. The highest BCUT2D eigenvalue weighted by atomic mass is 16.6. The van der Waals surface area contributed by atoms with E-state index >= 15 is 0 Å².